The minimum absolute atomic E-state index is 0.0659. The van der Waals surface area contributed by atoms with Gasteiger partial charge in [-0.1, -0.05) is 0 Å². The summed E-state index contributed by atoms with van der Waals surface area (Å²) in [6.45, 7) is 0. The highest BCUT2D eigenvalue weighted by atomic mass is 32.2. The summed E-state index contributed by atoms with van der Waals surface area (Å²) in [6, 6.07) is 7.13. The Labute approximate surface area is 153 Å². The summed E-state index contributed by atoms with van der Waals surface area (Å²) in [5, 5.41) is 3.13. The number of sulfone groups is 1. The Morgan fingerprint density at radius 1 is 1.19 bits per heavy atom. The predicted octanol–water partition coefficient (Wildman–Crippen LogP) is 1.86. The molecule has 1 N–H and O–H groups in total. The van der Waals surface area contributed by atoms with Crippen LogP contribution in [0.15, 0.2) is 30.5 Å². The topological polar surface area (TPSA) is 93.7 Å². The van der Waals surface area contributed by atoms with E-state index < -0.39 is 9.84 Å². The lowest BCUT2D eigenvalue weighted by Gasteiger charge is -2.24. The molecule has 1 aliphatic heterocycles. The molecule has 1 atom stereocenters. The number of aromatic nitrogens is 2. The Balaban J connectivity index is 1.77. The van der Waals surface area contributed by atoms with E-state index in [1.807, 2.05) is 18.0 Å². The normalized spacial score (nSPS) is 18.3. The van der Waals surface area contributed by atoms with Gasteiger partial charge >= 0.3 is 0 Å². The average Bonchev–Trinajstić information content (AvgIpc) is 3.01. The second-order valence-electron chi connectivity index (χ2n) is 6.10. The molecule has 1 aliphatic rings. The van der Waals surface area contributed by atoms with Crippen molar-refractivity contribution in [2.45, 2.75) is 12.5 Å². The maximum atomic E-state index is 11.7. The molecule has 1 saturated heterocycles. The molecule has 1 fully saturated rings. The highest BCUT2D eigenvalue weighted by Crippen LogP contribution is 2.31. The van der Waals surface area contributed by atoms with Gasteiger partial charge < -0.3 is 19.7 Å². The molecule has 1 aromatic heterocycles. The van der Waals surface area contributed by atoms with E-state index in [0.29, 0.717) is 29.7 Å². The molecule has 0 radical (unpaired) electrons. The zero-order chi connectivity index (χ0) is 18.7. The highest BCUT2D eigenvalue weighted by Gasteiger charge is 2.31. The molecule has 9 heteroatoms. The predicted molar refractivity (Wildman–Crippen MR) is 100 cm³/mol. The van der Waals surface area contributed by atoms with Crippen LogP contribution in [0.5, 0.6) is 11.5 Å². The Hall–Kier alpha value is -2.55. The van der Waals surface area contributed by atoms with E-state index in [-0.39, 0.29) is 17.5 Å². The average molecular weight is 378 g/mol. The zero-order valence-electron chi connectivity index (χ0n) is 15.0. The van der Waals surface area contributed by atoms with Crippen LogP contribution in [0.2, 0.25) is 0 Å². The van der Waals surface area contributed by atoms with E-state index in [1.165, 1.54) is 0 Å². The SMILES string of the molecule is COc1ccc(Nc2nccc(N(C)C3CCS(=O)(=O)C3)n2)cc1OC. The molecule has 2 heterocycles. The van der Waals surface area contributed by atoms with Gasteiger partial charge in [-0.05, 0) is 24.6 Å². The van der Waals surface area contributed by atoms with Crippen molar-refractivity contribution in [3.05, 3.63) is 30.5 Å². The Bertz CT molecular complexity index is 888. The van der Waals surface area contributed by atoms with Crippen molar-refractivity contribution >= 4 is 27.3 Å². The minimum Gasteiger partial charge on any atom is -0.493 e. The molecule has 0 aliphatic carbocycles. The van der Waals surface area contributed by atoms with Crippen molar-refractivity contribution in [1.82, 2.24) is 9.97 Å². The highest BCUT2D eigenvalue weighted by molar-refractivity contribution is 7.91. The number of ether oxygens (including phenoxy) is 2. The van der Waals surface area contributed by atoms with E-state index >= 15 is 0 Å². The second kappa shape index (κ2) is 7.36. The summed E-state index contributed by atoms with van der Waals surface area (Å²) in [4.78, 5) is 10.6. The monoisotopic (exact) mass is 378 g/mol. The number of rotatable bonds is 6. The lowest BCUT2D eigenvalue weighted by molar-refractivity contribution is 0.355. The van der Waals surface area contributed by atoms with Gasteiger partial charge in [0.05, 0.1) is 25.7 Å². The fraction of sp³-hybridized carbons (Fsp3) is 0.412. The number of hydrogen-bond donors (Lipinski definition) is 1. The van der Waals surface area contributed by atoms with Crippen LogP contribution in [0.25, 0.3) is 0 Å². The van der Waals surface area contributed by atoms with Crippen molar-refractivity contribution in [3.8, 4) is 11.5 Å². The molecule has 1 aromatic carbocycles. The van der Waals surface area contributed by atoms with E-state index in [4.69, 9.17) is 9.47 Å². The van der Waals surface area contributed by atoms with Crippen LogP contribution in [0, 0.1) is 0 Å². The number of nitrogens with zero attached hydrogens (tertiary/aromatic N) is 3. The van der Waals surface area contributed by atoms with Crippen molar-refractivity contribution in [3.63, 3.8) is 0 Å². The van der Waals surface area contributed by atoms with Gasteiger partial charge in [0.1, 0.15) is 5.82 Å². The van der Waals surface area contributed by atoms with Gasteiger partial charge in [-0.2, -0.15) is 4.98 Å². The molecule has 0 spiro atoms. The lowest BCUT2D eigenvalue weighted by Crippen LogP contribution is -2.33. The Kier molecular flexibility index (Phi) is 5.17. The third-order valence-electron chi connectivity index (χ3n) is 4.40. The number of benzene rings is 1. The summed E-state index contributed by atoms with van der Waals surface area (Å²) in [5.74, 6) is 2.71. The third-order valence-corrected chi connectivity index (χ3v) is 6.15. The Morgan fingerprint density at radius 2 is 1.96 bits per heavy atom. The van der Waals surface area contributed by atoms with E-state index in [2.05, 4.69) is 15.3 Å². The molecular formula is C17H22N4O4S. The van der Waals surface area contributed by atoms with Crippen molar-refractivity contribution in [2.75, 3.05) is 43.0 Å². The lowest BCUT2D eigenvalue weighted by atomic mass is 10.2. The Morgan fingerprint density at radius 3 is 2.62 bits per heavy atom. The van der Waals surface area contributed by atoms with Crippen LogP contribution in [0.3, 0.4) is 0 Å². The van der Waals surface area contributed by atoms with Gasteiger partial charge in [-0.25, -0.2) is 13.4 Å². The van der Waals surface area contributed by atoms with Gasteiger partial charge in [-0.3, -0.25) is 0 Å². The van der Waals surface area contributed by atoms with E-state index in [0.717, 1.165) is 5.69 Å². The van der Waals surface area contributed by atoms with Gasteiger partial charge in [0.15, 0.2) is 21.3 Å². The quantitative estimate of drug-likeness (QED) is 0.814. The first-order valence-electron chi connectivity index (χ1n) is 8.17. The van der Waals surface area contributed by atoms with Crippen LogP contribution < -0.4 is 19.7 Å². The summed E-state index contributed by atoms with van der Waals surface area (Å²) in [5.41, 5.74) is 0.755. The first kappa shape index (κ1) is 18.2. The molecule has 140 valence electrons. The number of methoxy groups -OCH3 is 2. The largest absolute Gasteiger partial charge is 0.493 e. The smallest absolute Gasteiger partial charge is 0.229 e. The first-order valence-corrected chi connectivity index (χ1v) is 9.99. The van der Waals surface area contributed by atoms with Gasteiger partial charge in [0.2, 0.25) is 5.95 Å². The standard InChI is InChI=1S/C17H22N4O4S/c1-21(13-7-9-26(22,23)11-13)16-6-8-18-17(20-16)19-12-4-5-14(24-2)15(10-12)25-3/h4-6,8,10,13H,7,9,11H2,1-3H3,(H,18,19,20). The summed E-state index contributed by atoms with van der Waals surface area (Å²) < 4.78 is 33.9. The number of hydrogen-bond acceptors (Lipinski definition) is 8. The van der Waals surface area contributed by atoms with Crippen LogP contribution in [-0.4, -0.2) is 57.2 Å². The molecule has 0 amide bonds. The fourth-order valence-corrected chi connectivity index (χ4v) is 4.69. The molecule has 1 unspecified atom stereocenters. The maximum Gasteiger partial charge on any atom is 0.229 e. The van der Waals surface area contributed by atoms with Crippen LogP contribution >= 0.6 is 0 Å². The molecule has 2 aromatic rings. The molecule has 3 rings (SSSR count). The van der Waals surface area contributed by atoms with Crippen LogP contribution in [-0.2, 0) is 9.84 Å². The molecular weight excluding hydrogens is 356 g/mol. The summed E-state index contributed by atoms with van der Waals surface area (Å²) in [7, 11) is 2.06. The molecule has 0 saturated carbocycles. The van der Waals surface area contributed by atoms with E-state index in [1.54, 1.807) is 38.6 Å². The third kappa shape index (κ3) is 3.98. The summed E-state index contributed by atoms with van der Waals surface area (Å²) in [6.07, 6.45) is 2.26. The second-order valence-corrected chi connectivity index (χ2v) is 8.33. The van der Waals surface area contributed by atoms with Gasteiger partial charge in [0.25, 0.3) is 0 Å². The van der Waals surface area contributed by atoms with Gasteiger partial charge in [-0.15, -0.1) is 0 Å². The van der Waals surface area contributed by atoms with E-state index in [9.17, 15) is 8.42 Å². The fourth-order valence-electron chi connectivity index (χ4n) is 2.92. The van der Waals surface area contributed by atoms with Crippen molar-refractivity contribution in [2.24, 2.45) is 0 Å². The van der Waals surface area contributed by atoms with Crippen molar-refractivity contribution in [1.29, 1.82) is 0 Å². The summed E-state index contributed by atoms with van der Waals surface area (Å²) >= 11 is 0. The molecule has 8 nitrogen and oxygen atoms in total. The zero-order valence-corrected chi connectivity index (χ0v) is 15.8. The first-order chi connectivity index (χ1) is 12.4. The maximum absolute atomic E-state index is 11.7. The molecule has 0 bridgehead atoms. The van der Waals surface area contributed by atoms with Crippen LogP contribution in [0.4, 0.5) is 17.5 Å². The van der Waals surface area contributed by atoms with Crippen molar-refractivity contribution < 1.29 is 17.9 Å². The molecule has 26 heavy (non-hydrogen) atoms. The minimum atomic E-state index is -2.95. The number of anilines is 3. The van der Waals surface area contributed by atoms with Gasteiger partial charge in [0, 0.05) is 31.0 Å². The van der Waals surface area contributed by atoms with Crippen LogP contribution in [0.1, 0.15) is 6.42 Å². The number of nitrogens with one attached hydrogen (secondary N) is 1.